The summed E-state index contributed by atoms with van der Waals surface area (Å²) in [4.78, 5) is 0. The van der Waals surface area contributed by atoms with E-state index in [0.29, 0.717) is 6.79 Å². The second-order valence-electron chi connectivity index (χ2n) is 2.29. The molecular weight excluding hydrogens is 196 g/mol. The first-order valence-electron chi connectivity index (χ1n) is 3.12. The van der Waals surface area contributed by atoms with Crippen LogP contribution in [0.4, 0.5) is 0 Å². The van der Waals surface area contributed by atoms with E-state index < -0.39 is 0 Å². The van der Waals surface area contributed by atoms with Crippen molar-refractivity contribution in [1.82, 2.24) is 0 Å². The van der Waals surface area contributed by atoms with Crippen LogP contribution in [-0.4, -0.2) is 17.4 Å². The second kappa shape index (κ2) is 2.19. The van der Waals surface area contributed by atoms with Crippen molar-refractivity contribution in [3.8, 4) is 0 Å². The van der Waals surface area contributed by atoms with Crippen molar-refractivity contribution in [2.45, 2.75) is 10.6 Å². The Morgan fingerprint density at radius 3 is 3.20 bits per heavy atom. The molecule has 0 N–H and O–H groups in total. The molecule has 0 saturated carbocycles. The lowest BCUT2D eigenvalue weighted by Gasteiger charge is -2.21. The van der Waals surface area contributed by atoms with E-state index in [4.69, 9.17) is 9.47 Å². The average molecular weight is 203 g/mol. The Labute approximate surface area is 67.6 Å². The quantitative estimate of drug-likeness (QED) is 0.556. The maximum atomic E-state index is 5.30. The van der Waals surface area contributed by atoms with Gasteiger partial charge in [0.25, 0.3) is 0 Å². The highest BCUT2D eigenvalue weighted by Gasteiger charge is 2.40. The molecule has 0 aromatic rings. The Hall–Kier alpha value is -0.120. The van der Waals surface area contributed by atoms with E-state index >= 15 is 0 Å². The summed E-state index contributed by atoms with van der Waals surface area (Å²) in [6.45, 7) is 0.366. The molecule has 1 aliphatic carbocycles. The molecule has 1 aliphatic heterocycles. The highest BCUT2D eigenvalue weighted by atomic mass is 79.9. The number of hydrogen-bond donors (Lipinski definition) is 0. The van der Waals surface area contributed by atoms with Gasteiger partial charge in [-0.15, -0.1) is 0 Å². The van der Waals surface area contributed by atoms with Crippen LogP contribution in [0.3, 0.4) is 0 Å². The van der Waals surface area contributed by atoms with Gasteiger partial charge in [-0.25, -0.2) is 0 Å². The number of ether oxygens (including phenoxy) is 2. The molecule has 2 aliphatic rings. The molecule has 0 bridgehead atoms. The fraction of sp³-hybridized carbons (Fsp3) is 0.429. The summed E-state index contributed by atoms with van der Waals surface area (Å²) in [6.07, 6.45) is 7.86. The number of allylic oxidation sites excluding steroid dienone is 2. The van der Waals surface area contributed by atoms with Crippen LogP contribution in [0.2, 0.25) is 0 Å². The SMILES string of the molecule is BrC12C=CC=CC1OCO2. The van der Waals surface area contributed by atoms with E-state index in [-0.39, 0.29) is 10.6 Å². The molecule has 54 valence electrons. The lowest BCUT2D eigenvalue weighted by Crippen LogP contribution is -2.30. The predicted octanol–water partition coefficient (Wildman–Crippen LogP) is 1.58. The topological polar surface area (TPSA) is 18.5 Å². The maximum absolute atomic E-state index is 5.30. The minimum absolute atomic E-state index is 0.0394. The Balaban J connectivity index is 2.30. The molecular formula is C7H7BrO2. The number of alkyl halides is 1. The second-order valence-corrected chi connectivity index (χ2v) is 3.53. The van der Waals surface area contributed by atoms with Crippen molar-refractivity contribution in [3.63, 3.8) is 0 Å². The van der Waals surface area contributed by atoms with E-state index in [1.54, 1.807) is 0 Å². The summed E-state index contributed by atoms with van der Waals surface area (Å²) >= 11 is 3.44. The first-order chi connectivity index (χ1) is 4.81. The third-order valence-corrected chi connectivity index (χ3v) is 2.58. The Morgan fingerprint density at radius 1 is 1.50 bits per heavy atom. The zero-order valence-electron chi connectivity index (χ0n) is 5.29. The monoisotopic (exact) mass is 202 g/mol. The molecule has 2 rings (SSSR count). The summed E-state index contributed by atoms with van der Waals surface area (Å²) in [5.41, 5.74) is 0. The van der Waals surface area contributed by atoms with Crippen molar-refractivity contribution in [3.05, 3.63) is 24.3 Å². The fourth-order valence-electron chi connectivity index (χ4n) is 1.07. The van der Waals surface area contributed by atoms with Crippen molar-refractivity contribution in [2.75, 3.05) is 6.79 Å². The van der Waals surface area contributed by atoms with E-state index in [9.17, 15) is 0 Å². The average Bonchev–Trinajstić information content (AvgIpc) is 2.29. The molecule has 0 amide bonds. The van der Waals surface area contributed by atoms with Gasteiger partial charge in [-0.05, 0) is 22.0 Å². The van der Waals surface area contributed by atoms with E-state index in [1.165, 1.54) is 0 Å². The van der Waals surface area contributed by atoms with Gasteiger partial charge in [0.05, 0.1) is 0 Å². The molecule has 10 heavy (non-hydrogen) atoms. The molecule has 1 heterocycles. The zero-order valence-corrected chi connectivity index (χ0v) is 6.87. The van der Waals surface area contributed by atoms with Gasteiger partial charge in [0.2, 0.25) is 0 Å². The summed E-state index contributed by atoms with van der Waals surface area (Å²) in [5, 5.41) is 0. The minimum Gasteiger partial charge on any atom is -0.344 e. The van der Waals surface area contributed by atoms with Gasteiger partial charge < -0.3 is 9.47 Å². The summed E-state index contributed by atoms with van der Waals surface area (Å²) < 4.78 is 10.2. The molecule has 2 unspecified atom stereocenters. The lowest BCUT2D eigenvalue weighted by molar-refractivity contribution is 0.0461. The number of hydrogen-bond acceptors (Lipinski definition) is 2. The smallest absolute Gasteiger partial charge is 0.174 e. The number of fused-ring (bicyclic) bond motifs is 1. The van der Waals surface area contributed by atoms with Gasteiger partial charge >= 0.3 is 0 Å². The molecule has 2 nitrogen and oxygen atoms in total. The highest BCUT2D eigenvalue weighted by molar-refractivity contribution is 9.10. The molecule has 1 saturated heterocycles. The normalized spacial score (nSPS) is 43.9. The highest BCUT2D eigenvalue weighted by Crippen LogP contribution is 2.36. The van der Waals surface area contributed by atoms with Crippen molar-refractivity contribution >= 4 is 15.9 Å². The van der Waals surface area contributed by atoms with Gasteiger partial charge in [0.1, 0.15) is 12.9 Å². The molecule has 1 fully saturated rings. The Morgan fingerprint density at radius 2 is 2.40 bits per heavy atom. The van der Waals surface area contributed by atoms with Crippen LogP contribution in [0.5, 0.6) is 0 Å². The third-order valence-electron chi connectivity index (χ3n) is 1.64. The van der Waals surface area contributed by atoms with Crippen LogP contribution in [0.15, 0.2) is 24.3 Å². The first-order valence-corrected chi connectivity index (χ1v) is 3.91. The van der Waals surface area contributed by atoms with Crippen LogP contribution in [0, 0.1) is 0 Å². The van der Waals surface area contributed by atoms with Crippen molar-refractivity contribution in [2.24, 2.45) is 0 Å². The maximum Gasteiger partial charge on any atom is 0.174 e. The van der Waals surface area contributed by atoms with Crippen molar-refractivity contribution < 1.29 is 9.47 Å². The van der Waals surface area contributed by atoms with Crippen molar-refractivity contribution in [1.29, 1.82) is 0 Å². The van der Waals surface area contributed by atoms with E-state index in [2.05, 4.69) is 15.9 Å². The summed E-state index contributed by atoms with van der Waals surface area (Å²) in [5.74, 6) is 0. The van der Waals surface area contributed by atoms with E-state index in [1.807, 2.05) is 24.3 Å². The standard InChI is InChI=1S/C7H7BrO2/c8-7-4-2-1-3-6(7)9-5-10-7/h1-4,6H,5H2. The molecule has 0 spiro atoms. The minimum atomic E-state index is -0.387. The first kappa shape index (κ1) is 6.58. The Bertz CT molecular complexity index is 200. The fourth-order valence-corrected chi connectivity index (χ4v) is 1.61. The number of rotatable bonds is 0. The molecule has 0 radical (unpaired) electrons. The van der Waals surface area contributed by atoms with Gasteiger partial charge in [0, 0.05) is 0 Å². The van der Waals surface area contributed by atoms with Gasteiger partial charge in [0.15, 0.2) is 4.51 Å². The Kier molecular flexibility index (Phi) is 1.44. The van der Waals surface area contributed by atoms with Gasteiger partial charge in [-0.1, -0.05) is 18.2 Å². The van der Waals surface area contributed by atoms with Crippen LogP contribution in [-0.2, 0) is 9.47 Å². The van der Waals surface area contributed by atoms with Crippen LogP contribution in [0.1, 0.15) is 0 Å². The van der Waals surface area contributed by atoms with Crippen LogP contribution in [0.25, 0.3) is 0 Å². The molecule has 2 atom stereocenters. The van der Waals surface area contributed by atoms with Crippen LogP contribution >= 0.6 is 15.9 Å². The van der Waals surface area contributed by atoms with Gasteiger partial charge in [-0.3, -0.25) is 0 Å². The molecule has 0 aromatic carbocycles. The van der Waals surface area contributed by atoms with Gasteiger partial charge in [-0.2, -0.15) is 0 Å². The lowest BCUT2D eigenvalue weighted by atomic mass is 10.1. The number of halogens is 1. The molecule has 0 aromatic heterocycles. The van der Waals surface area contributed by atoms with Crippen LogP contribution < -0.4 is 0 Å². The largest absolute Gasteiger partial charge is 0.344 e. The van der Waals surface area contributed by atoms with E-state index in [0.717, 1.165) is 0 Å². The molecule has 3 heteroatoms. The predicted molar refractivity (Wildman–Crippen MR) is 40.8 cm³/mol. The summed E-state index contributed by atoms with van der Waals surface area (Å²) in [7, 11) is 0. The zero-order chi connectivity index (χ0) is 7.03. The third kappa shape index (κ3) is 0.856. The summed E-state index contributed by atoms with van der Waals surface area (Å²) in [6, 6.07) is 0.